The first-order chi connectivity index (χ1) is 15.6. The number of aryl methyl sites for hydroxylation is 1. The summed E-state index contributed by atoms with van der Waals surface area (Å²) in [6.45, 7) is 2.26. The summed E-state index contributed by atoms with van der Waals surface area (Å²) < 4.78 is 23.4. The average Bonchev–Trinajstić information content (AvgIpc) is 3.35. The van der Waals surface area contributed by atoms with E-state index in [1.807, 2.05) is 25.2 Å². The number of carbonyl (C=O) groups is 1. The molecule has 0 spiro atoms. The molecule has 2 heterocycles. The fourth-order valence-electron chi connectivity index (χ4n) is 3.73. The molecule has 1 aromatic carbocycles. The number of amides is 1. The van der Waals surface area contributed by atoms with Gasteiger partial charge in [-0.2, -0.15) is 0 Å². The van der Waals surface area contributed by atoms with Crippen LogP contribution in [0.25, 0.3) is 10.2 Å². The highest BCUT2D eigenvalue weighted by Crippen LogP contribution is 2.28. The van der Waals surface area contributed by atoms with Gasteiger partial charge in [-0.05, 0) is 56.9 Å². The van der Waals surface area contributed by atoms with E-state index in [1.165, 1.54) is 23.7 Å². The molecule has 1 aliphatic rings. The van der Waals surface area contributed by atoms with Crippen molar-refractivity contribution in [2.75, 3.05) is 26.5 Å². The van der Waals surface area contributed by atoms with Gasteiger partial charge < -0.3 is 5.11 Å². The highest BCUT2D eigenvalue weighted by molar-refractivity contribution is 7.92. The van der Waals surface area contributed by atoms with Gasteiger partial charge >= 0.3 is 0 Å². The van der Waals surface area contributed by atoms with E-state index in [0.717, 1.165) is 35.0 Å². The number of fused-ring (bicyclic) bond motifs is 1. The molecule has 0 saturated carbocycles. The minimum atomic E-state index is -3.75. The van der Waals surface area contributed by atoms with Crippen LogP contribution in [0.3, 0.4) is 0 Å². The number of hydroxylamine groups is 1. The van der Waals surface area contributed by atoms with Crippen LogP contribution in [0.2, 0.25) is 0 Å². The van der Waals surface area contributed by atoms with Crippen molar-refractivity contribution in [3.8, 4) is 23.7 Å². The Labute approximate surface area is 197 Å². The predicted molar refractivity (Wildman–Crippen MR) is 127 cm³/mol. The molecule has 176 valence electrons. The van der Waals surface area contributed by atoms with Crippen molar-refractivity contribution in [2.24, 2.45) is 5.92 Å². The second-order valence-electron chi connectivity index (χ2n) is 8.46. The zero-order valence-electron chi connectivity index (χ0n) is 18.8. The number of sulfone groups is 1. The number of likely N-dealkylation sites (N-methyl/N-ethyl adjacent to an activating group) is 1. The van der Waals surface area contributed by atoms with Gasteiger partial charge in [0.15, 0.2) is 9.84 Å². The number of thiazole rings is 1. The SMILES string of the molecule is CN1C[C@@H](C#CC#Cc2ccc3nc(CCC(C)(C(=O)NO)S(C)(=O)=O)sc3c2)C[C@@H]1CO. The monoisotopic (exact) mass is 489 g/mol. The van der Waals surface area contributed by atoms with E-state index in [-0.39, 0.29) is 31.4 Å². The van der Waals surface area contributed by atoms with Crippen molar-refractivity contribution >= 4 is 37.3 Å². The van der Waals surface area contributed by atoms with E-state index >= 15 is 0 Å². The molecule has 1 unspecified atom stereocenters. The van der Waals surface area contributed by atoms with Crippen LogP contribution in [0.1, 0.15) is 30.3 Å². The smallest absolute Gasteiger partial charge is 0.264 e. The highest BCUT2D eigenvalue weighted by Gasteiger charge is 2.43. The fourth-order valence-corrected chi connectivity index (χ4v) is 5.59. The molecule has 1 saturated heterocycles. The quantitative estimate of drug-likeness (QED) is 0.317. The molecule has 33 heavy (non-hydrogen) atoms. The van der Waals surface area contributed by atoms with Gasteiger partial charge in [-0.25, -0.2) is 18.9 Å². The number of aromatic nitrogens is 1. The number of rotatable bonds is 6. The van der Waals surface area contributed by atoms with Gasteiger partial charge in [-0.1, -0.05) is 11.8 Å². The third-order valence-electron chi connectivity index (χ3n) is 6.09. The van der Waals surface area contributed by atoms with Crippen LogP contribution in [-0.2, 0) is 21.1 Å². The summed E-state index contributed by atoms with van der Waals surface area (Å²) in [6.07, 6.45) is 2.08. The van der Waals surface area contributed by atoms with Crippen molar-refractivity contribution in [3.63, 3.8) is 0 Å². The maximum atomic E-state index is 12.1. The number of hydrogen-bond acceptors (Lipinski definition) is 8. The number of aliphatic hydroxyl groups is 1. The normalized spacial score (nSPS) is 20.4. The highest BCUT2D eigenvalue weighted by atomic mass is 32.2. The Kier molecular flexibility index (Phi) is 7.78. The van der Waals surface area contributed by atoms with Crippen molar-refractivity contribution in [1.29, 1.82) is 0 Å². The van der Waals surface area contributed by atoms with E-state index in [4.69, 9.17) is 5.21 Å². The lowest BCUT2D eigenvalue weighted by atomic mass is 10.0. The van der Waals surface area contributed by atoms with E-state index in [2.05, 4.69) is 33.6 Å². The summed E-state index contributed by atoms with van der Waals surface area (Å²) in [7, 11) is -1.77. The number of aliphatic hydroxyl groups excluding tert-OH is 1. The summed E-state index contributed by atoms with van der Waals surface area (Å²) in [5.74, 6) is 11.2. The van der Waals surface area contributed by atoms with E-state index in [9.17, 15) is 18.3 Å². The largest absolute Gasteiger partial charge is 0.395 e. The van der Waals surface area contributed by atoms with Crippen LogP contribution in [0, 0.1) is 29.6 Å². The summed E-state index contributed by atoms with van der Waals surface area (Å²) in [5, 5.41) is 19.0. The molecule has 1 amide bonds. The Bertz CT molecular complexity index is 1270. The number of likely N-dealkylation sites (tertiary alicyclic amines) is 1. The Morgan fingerprint density at radius 1 is 1.39 bits per heavy atom. The van der Waals surface area contributed by atoms with Crippen molar-refractivity contribution < 1.29 is 23.5 Å². The molecule has 3 N–H and O–H groups in total. The third kappa shape index (κ3) is 5.72. The third-order valence-corrected chi connectivity index (χ3v) is 9.20. The zero-order valence-corrected chi connectivity index (χ0v) is 20.4. The minimum Gasteiger partial charge on any atom is -0.395 e. The standard InChI is InChI=1S/C23H27N3O5S2/c1-23(22(28)25-29,33(3,30)31)11-10-21-24-19-9-8-16(13-20(19)32-21)6-4-5-7-17-12-18(15-27)26(2)14-17/h8-9,13,17-18,27,29H,10-12,14-15H2,1-3H3,(H,25,28)/t17-,18+,23?/m0/s1. The van der Waals surface area contributed by atoms with Crippen LogP contribution in [-0.4, -0.2) is 71.8 Å². The molecule has 3 atom stereocenters. The molecular formula is C23H27N3O5S2. The number of nitrogens with one attached hydrogen (secondary N) is 1. The van der Waals surface area contributed by atoms with Crippen LogP contribution < -0.4 is 5.48 Å². The van der Waals surface area contributed by atoms with Crippen LogP contribution in [0.15, 0.2) is 18.2 Å². The average molecular weight is 490 g/mol. The number of nitrogens with zero attached hydrogens (tertiary/aromatic N) is 2. The van der Waals surface area contributed by atoms with Crippen molar-refractivity contribution in [3.05, 3.63) is 28.8 Å². The second-order valence-corrected chi connectivity index (χ2v) is 12.0. The molecule has 1 aliphatic heterocycles. The molecule has 3 rings (SSSR count). The van der Waals surface area contributed by atoms with Gasteiger partial charge in [-0.15, -0.1) is 11.3 Å². The topological polar surface area (TPSA) is 120 Å². The van der Waals surface area contributed by atoms with Gasteiger partial charge in [0.2, 0.25) is 0 Å². The molecule has 1 aromatic heterocycles. The van der Waals surface area contributed by atoms with Gasteiger partial charge in [0, 0.05) is 36.7 Å². The molecule has 0 bridgehead atoms. The summed E-state index contributed by atoms with van der Waals surface area (Å²) in [6, 6.07) is 5.77. The molecule has 8 nitrogen and oxygen atoms in total. The van der Waals surface area contributed by atoms with E-state index in [1.54, 1.807) is 0 Å². The van der Waals surface area contributed by atoms with E-state index in [0.29, 0.717) is 5.01 Å². The van der Waals surface area contributed by atoms with Gasteiger partial charge in [-0.3, -0.25) is 14.9 Å². The number of benzene rings is 1. The number of hydrogen-bond donors (Lipinski definition) is 3. The summed E-state index contributed by atoms with van der Waals surface area (Å²) >= 11 is 1.41. The fraction of sp³-hybridized carbons (Fsp3) is 0.478. The van der Waals surface area contributed by atoms with Crippen molar-refractivity contribution in [1.82, 2.24) is 15.4 Å². The van der Waals surface area contributed by atoms with Gasteiger partial charge in [0.05, 0.1) is 21.8 Å². The maximum absolute atomic E-state index is 12.1. The Hall–Kier alpha value is -2.47. The molecule has 2 aromatic rings. The van der Waals surface area contributed by atoms with Gasteiger partial charge in [0.1, 0.15) is 4.75 Å². The van der Waals surface area contributed by atoms with E-state index < -0.39 is 20.5 Å². The second kappa shape index (κ2) is 10.2. The molecular weight excluding hydrogens is 462 g/mol. The number of carbonyl (C=O) groups excluding carboxylic acids is 1. The summed E-state index contributed by atoms with van der Waals surface area (Å²) in [5.41, 5.74) is 3.02. The first-order valence-corrected chi connectivity index (χ1v) is 13.1. The molecule has 0 aliphatic carbocycles. The first-order valence-electron chi connectivity index (χ1n) is 10.4. The van der Waals surface area contributed by atoms with Gasteiger partial charge in [0.25, 0.3) is 5.91 Å². The van der Waals surface area contributed by atoms with Crippen molar-refractivity contribution in [2.45, 2.75) is 37.0 Å². The minimum absolute atomic E-state index is 0.00616. The molecule has 1 fully saturated rings. The van der Waals surface area contributed by atoms with Crippen LogP contribution in [0.4, 0.5) is 0 Å². The maximum Gasteiger partial charge on any atom is 0.264 e. The molecule has 0 radical (unpaired) electrons. The lowest BCUT2D eigenvalue weighted by Crippen LogP contribution is -2.49. The van der Waals surface area contributed by atoms with Crippen LogP contribution >= 0.6 is 11.3 Å². The summed E-state index contributed by atoms with van der Waals surface area (Å²) in [4.78, 5) is 18.6. The van der Waals surface area contributed by atoms with Crippen LogP contribution in [0.5, 0.6) is 0 Å². The lowest BCUT2D eigenvalue weighted by molar-refractivity contribution is -0.131. The Morgan fingerprint density at radius 2 is 2.15 bits per heavy atom. The zero-order chi connectivity index (χ0) is 24.2. The Morgan fingerprint density at radius 3 is 2.79 bits per heavy atom. The molecule has 10 heteroatoms. The lowest BCUT2D eigenvalue weighted by Gasteiger charge is -2.24. The Balaban J connectivity index is 1.70. The predicted octanol–water partition coefficient (Wildman–Crippen LogP) is 1.21. The first kappa shape index (κ1) is 25.2.